The van der Waals surface area contributed by atoms with Crippen LogP contribution in [0.25, 0.3) is 0 Å². The predicted octanol–water partition coefficient (Wildman–Crippen LogP) is 3.69. The molecule has 0 aliphatic heterocycles. The lowest BCUT2D eigenvalue weighted by atomic mass is 10.1. The lowest BCUT2D eigenvalue weighted by molar-refractivity contribution is 0.102. The Bertz CT molecular complexity index is 638. The van der Waals surface area contributed by atoms with Crippen LogP contribution in [-0.2, 0) is 0 Å². The van der Waals surface area contributed by atoms with Gasteiger partial charge in [0.1, 0.15) is 5.75 Å². The van der Waals surface area contributed by atoms with Crippen molar-refractivity contribution in [1.29, 1.82) is 0 Å². The van der Waals surface area contributed by atoms with Crippen molar-refractivity contribution in [3.63, 3.8) is 0 Å². The number of anilines is 2. The number of aryl methyl sites for hydroxylation is 1. The smallest absolute Gasteiger partial charge is 0.257 e. The molecule has 21 heavy (non-hydrogen) atoms. The van der Waals surface area contributed by atoms with Crippen molar-refractivity contribution in [2.24, 2.45) is 0 Å². The van der Waals surface area contributed by atoms with E-state index >= 15 is 0 Å². The summed E-state index contributed by atoms with van der Waals surface area (Å²) in [5.74, 6) is 0.498. The van der Waals surface area contributed by atoms with E-state index in [0.717, 1.165) is 17.8 Å². The van der Waals surface area contributed by atoms with Gasteiger partial charge in [0, 0.05) is 12.2 Å². The van der Waals surface area contributed by atoms with Crippen LogP contribution in [0.15, 0.2) is 42.5 Å². The van der Waals surface area contributed by atoms with Crippen LogP contribution in [-0.4, -0.2) is 19.6 Å². The second-order valence-corrected chi connectivity index (χ2v) is 4.73. The normalized spacial score (nSPS) is 10.0. The summed E-state index contributed by atoms with van der Waals surface area (Å²) in [7, 11) is 1.59. The number of carbonyl (C=O) groups is 1. The first-order valence-corrected chi connectivity index (χ1v) is 6.94. The molecule has 0 saturated carbocycles. The van der Waals surface area contributed by atoms with Gasteiger partial charge in [-0.3, -0.25) is 4.79 Å². The van der Waals surface area contributed by atoms with Crippen molar-refractivity contribution in [1.82, 2.24) is 0 Å². The first-order chi connectivity index (χ1) is 10.2. The molecule has 2 aromatic carbocycles. The van der Waals surface area contributed by atoms with E-state index in [1.54, 1.807) is 13.2 Å². The summed E-state index contributed by atoms with van der Waals surface area (Å²) < 4.78 is 5.31. The van der Waals surface area contributed by atoms with Gasteiger partial charge in [-0.15, -0.1) is 0 Å². The first-order valence-electron chi connectivity index (χ1n) is 6.94. The maximum atomic E-state index is 12.5. The molecule has 1 amide bonds. The van der Waals surface area contributed by atoms with Crippen molar-refractivity contribution < 1.29 is 9.53 Å². The number of nitrogens with one attached hydrogen (secondary N) is 2. The summed E-state index contributed by atoms with van der Waals surface area (Å²) in [6.07, 6.45) is 0. The minimum absolute atomic E-state index is 0.159. The van der Waals surface area contributed by atoms with Crippen LogP contribution in [0.2, 0.25) is 0 Å². The zero-order chi connectivity index (χ0) is 15.2. The summed E-state index contributed by atoms with van der Waals surface area (Å²) in [6, 6.07) is 13.1. The fourth-order valence-electron chi connectivity index (χ4n) is 2.12. The van der Waals surface area contributed by atoms with Gasteiger partial charge >= 0.3 is 0 Å². The Morgan fingerprint density at radius 3 is 2.62 bits per heavy atom. The van der Waals surface area contributed by atoms with E-state index in [4.69, 9.17) is 4.74 Å². The van der Waals surface area contributed by atoms with Gasteiger partial charge in [-0.2, -0.15) is 0 Å². The largest absolute Gasteiger partial charge is 0.495 e. The van der Waals surface area contributed by atoms with E-state index in [9.17, 15) is 4.79 Å². The molecule has 0 spiro atoms. The van der Waals surface area contributed by atoms with Gasteiger partial charge in [-0.05, 0) is 43.7 Å². The zero-order valence-corrected chi connectivity index (χ0v) is 12.6. The Hall–Kier alpha value is -2.49. The maximum absolute atomic E-state index is 12.5. The minimum Gasteiger partial charge on any atom is -0.495 e. The fraction of sp³-hybridized carbons (Fsp3) is 0.235. The lowest BCUT2D eigenvalue weighted by Crippen LogP contribution is -2.15. The Morgan fingerprint density at radius 1 is 1.14 bits per heavy atom. The Labute approximate surface area is 125 Å². The van der Waals surface area contributed by atoms with Crippen LogP contribution in [0.1, 0.15) is 22.8 Å². The first kappa shape index (κ1) is 14.9. The van der Waals surface area contributed by atoms with E-state index in [2.05, 4.69) is 10.6 Å². The number of para-hydroxylation sites is 1. The van der Waals surface area contributed by atoms with Crippen molar-refractivity contribution in [2.75, 3.05) is 24.3 Å². The van der Waals surface area contributed by atoms with Crippen LogP contribution in [0, 0.1) is 6.92 Å². The molecule has 0 heterocycles. The highest BCUT2D eigenvalue weighted by molar-refractivity contribution is 6.08. The SMILES string of the molecule is CCNc1ccccc1C(=O)Nc1ccc(C)cc1OC. The Kier molecular flexibility index (Phi) is 4.82. The van der Waals surface area contributed by atoms with Crippen molar-refractivity contribution in [2.45, 2.75) is 13.8 Å². The number of benzene rings is 2. The molecule has 4 heteroatoms. The van der Waals surface area contributed by atoms with E-state index in [1.807, 2.05) is 50.2 Å². The summed E-state index contributed by atoms with van der Waals surface area (Å²) in [5, 5.41) is 6.09. The van der Waals surface area contributed by atoms with Crippen LogP contribution in [0.4, 0.5) is 11.4 Å². The van der Waals surface area contributed by atoms with Crippen LogP contribution in [0.3, 0.4) is 0 Å². The molecule has 0 aliphatic carbocycles. The highest BCUT2D eigenvalue weighted by Crippen LogP contribution is 2.26. The molecule has 0 aromatic heterocycles. The molecule has 110 valence electrons. The fourth-order valence-corrected chi connectivity index (χ4v) is 2.12. The number of hydrogen-bond donors (Lipinski definition) is 2. The highest BCUT2D eigenvalue weighted by atomic mass is 16.5. The number of hydrogen-bond acceptors (Lipinski definition) is 3. The molecule has 0 unspecified atom stereocenters. The van der Waals surface area contributed by atoms with Gasteiger partial charge in [0.2, 0.25) is 0 Å². The van der Waals surface area contributed by atoms with E-state index in [-0.39, 0.29) is 5.91 Å². The van der Waals surface area contributed by atoms with Crippen LogP contribution >= 0.6 is 0 Å². The lowest BCUT2D eigenvalue weighted by Gasteiger charge is -2.13. The molecule has 2 N–H and O–H groups in total. The summed E-state index contributed by atoms with van der Waals surface area (Å²) >= 11 is 0. The van der Waals surface area contributed by atoms with E-state index < -0.39 is 0 Å². The number of methoxy groups -OCH3 is 1. The second kappa shape index (κ2) is 6.79. The quantitative estimate of drug-likeness (QED) is 0.880. The molecule has 0 atom stereocenters. The van der Waals surface area contributed by atoms with Crippen LogP contribution in [0.5, 0.6) is 5.75 Å². The Morgan fingerprint density at radius 2 is 1.90 bits per heavy atom. The van der Waals surface area contributed by atoms with Gasteiger partial charge in [0.25, 0.3) is 5.91 Å². The molecule has 4 nitrogen and oxygen atoms in total. The van der Waals surface area contributed by atoms with Gasteiger partial charge < -0.3 is 15.4 Å². The summed E-state index contributed by atoms with van der Waals surface area (Å²) in [5.41, 5.74) is 3.18. The second-order valence-electron chi connectivity index (χ2n) is 4.73. The third-order valence-corrected chi connectivity index (χ3v) is 3.14. The van der Waals surface area contributed by atoms with Gasteiger partial charge in [0.05, 0.1) is 18.4 Å². The summed E-state index contributed by atoms with van der Waals surface area (Å²) in [4.78, 5) is 12.5. The van der Waals surface area contributed by atoms with Crippen molar-refractivity contribution in [3.05, 3.63) is 53.6 Å². The molecule has 0 saturated heterocycles. The number of amides is 1. The monoisotopic (exact) mass is 284 g/mol. The molecule has 2 aromatic rings. The maximum Gasteiger partial charge on any atom is 0.257 e. The zero-order valence-electron chi connectivity index (χ0n) is 12.6. The van der Waals surface area contributed by atoms with Gasteiger partial charge in [-0.1, -0.05) is 18.2 Å². The highest BCUT2D eigenvalue weighted by Gasteiger charge is 2.13. The minimum atomic E-state index is -0.159. The van der Waals surface area contributed by atoms with Gasteiger partial charge in [-0.25, -0.2) is 0 Å². The molecule has 0 bridgehead atoms. The Balaban J connectivity index is 2.26. The molecule has 2 rings (SSSR count). The summed E-state index contributed by atoms with van der Waals surface area (Å²) in [6.45, 7) is 4.74. The van der Waals surface area contributed by atoms with Crippen molar-refractivity contribution >= 4 is 17.3 Å². The molecular weight excluding hydrogens is 264 g/mol. The average molecular weight is 284 g/mol. The topological polar surface area (TPSA) is 50.4 Å². The average Bonchev–Trinajstić information content (AvgIpc) is 2.49. The number of carbonyl (C=O) groups excluding carboxylic acids is 1. The third-order valence-electron chi connectivity index (χ3n) is 3.14. The molecule has 0 fully saturated rings. The van der Waals surface area contributed by atoms with E-state index in [1.165, 1.54) is 0 Å². The molecule has 0 aliphatic rings. The van der Waals surface area contributed by atoms with Crippen LogP contribution < -0.4 is 15.4 Å². The van der Waals surface area contributed by atoms with Gasteiger partial charge in [0.15, 0.2) is 0 Å². The molecular formula is C17H20N2O2. The van der Waals surface area contributed by atoms with E-state index in [0.29, 0.717) is 17.0 Å². The third kappa shape index (κ3) is 3.54. The predicted molar refractivity (Wildman–Crippen MR) is 86.3 cm³/mol. The number of ether oxygens (including phenoxy) is 1. The standard InChI is InChI=1S/C17H20N2O2/c1-4-18-14-8-6-5-7-13(14)17(20)19-15-10-9-12(2)11-16(15)21-3/h5-11,18H,4H2,1-3H3,(H,19,20). The number of rotatable bonds is 5. The molecule has 0 radical (unpaired) electrons. The van der Waals surface area contributed by atoms with Crippen molar-refractivity contribution in [3.8, 4) is 5.75 Å².